The molecule has 2 bridgehead atoms. The molecular formula is C38H36N2O14S. The number of aldehydes is 1. The third-order valence-electron chi connectivity index (χ3n) is 11.7. The molecule has 6 atom stereocenters. The topological polar surface area (TPSA) is 226 Å². The summed E-state index contributed by atoms with van der Waals surface area (Å²) in [7, 11) is -4.40. The molecule has 55 heavy (non-hydrogen) atoms. The minimum atomic E-state index is -4.40. The van der Waals surface area contributed by atoms with Crippen LogP contribution in [-0.2, 0) is 43.2 Å². The monoisotopic (exact) mass is 776 g/mol. The molecule has 0 N–H and O–H groups in total. The Morgan fingerprint density at radius 1 is 1.02 bits per heavy atom. The average Bonchev–Trinajstić information content (AvgIpc) is 3.60. The fourth-order valence-electron chi connectivity index (χ4n) is 9.11. The lowest BCUT2D eigenvalue weighted by molar-refractivity contribution is -0.832. The van der Waals surface area contributed by atoms with E-state index in [1.54, 1.807) is 6.07 Å². The van der Waals surface area contributed by atoms with E-state index in [1.807, 2.05) is 13.8 Å². The number of Topliss-reactive ketones (excluding diaryl/α,β-unsaturated/α-hetero) is 2. The Morgan fingerprint density at radius 2 is 1.69 bits per heavy atom. The number of cyclic esters (lactones) is 1. The van der Waals surface area contributed by atoms with Gasteiger partial charge in [0, 0.05) is 24.2 Å². The quantitative estimate of drug-likeness (QED) is 0.0549. The molecule has 0 radical (unpaired) electrons. The van der Waals surface area contributed by atoms with Gasteiger partial charge in [0.05, 0.1) is 26.6 Å². The highest BCUT2D eigenvalue weighted by atomic mass is 32.2. The van der Waals surface area contributed by atoms with E-state index < -0.39 is 97.8 Å². The predicted molar refractivity (Wildman–Crippen MR) is 183 cm³/mol. The highest BCUT2D eigenvalue weighted by Crippen LogP contribution is 2.67. The molecule has 16 nitrogen and oxygen atoms in total. The number of hydrogen-bond acceptors (Lipinski definition) is 15. The molecule has 1 unspecified atom stereocenters. The second-order valence-electron chi connectivity index (χ2n) is 14.8. The van der Waals surface area contributed by atoms with Crippen molar-refractivity contribution in [2.24, 2.45) is 34.0 Å². The van der Waals surface area contributed by atoms with Gasteiger partial charge in [0.1, 0.15) is 38.0 Å². The van der Waals surface area contributed by atoms with Crippen molar-refractivity contribution in [3.8, 4) is 5.88 Å². The summed E-state index contributed by atoms with van der Waals surface area (Å²) in [6.45, 7) is 6.28. The lowest BCUT2D eigenvalue weighted by atomic mass is 9.44. The number of aromatic nitrogens is 2. The third-order valence-corrected chi connectivity index (χ3v) is 13.4. The molecule has 3 saturated carbocycles. The van der Waals surface area contributed by atoms with Crippen molar-refractivity contribution < 1.29 is 65.7 Å². The van der Waals surface area contributed by atoms with Gasteiger partial charge < -0.3 is 28.9 Å². The zero-order valence-electron chi connectivity index (χ0n) is 29.8. The number of benzene rings is 2. The first-order valence-corrected chi connectivity index (χ1v) is 19.0. The average molecular weight is 777 g/mol. The first-order chi connectivity index (χ1) is 26.1. The molecule has 2 aromatic carbocycles. The van der Waals surface area contributed by atoms with E-state index in [0.717, 1.165) is 0 Å². The van der Waals surface area contributed by atoms with E-state index in [-0.39, 0.29) is 58.2 Å². The molecular weight excluding hydrogens is 740 g/mol. The van der Waals surface area contributed by atoms with Gasteiger partial charge >= 0.3 is 28.8 Å². The van der Waals surface area contributed by atoms with Crippen molar-refractivity contribution in [1.29, 1.82) is 0 Å². The smallest absolute Gasteiger partial charge is 0.415 e. The highest BCUT2D eigenvalue weighted by molar-refractivity contribution is 7.91. The lowest BCUT2D eigenvalue weighted by Crippen LogP contribution is -2.70. The van der Waals surface area contributed by atoms with E-state index in [1.165, 1.54) is 48.5 Å². The molecule has 1 aliphatic heterocycles. The van der Waals surface area contributed by atoms with Crippen LogP contribution >= 0.6 is 0 Å². The Hall–Kier alpha value is -5.71. The molecule has 2 spiro atoms. The van der Waals surface area contributed by atoms with Crippen molar-refractivity contribution in [3.63, 3.8) is 0 Å². The number of ether oxygens (including phenoxy) is 4. The van der Waals surface area contributed by atoms with Gasteiger partial charge in [0.25, 0.3) is 9.84 Å². The van der Waals surface area contributed by atoms with Crippen LogP contribution in [0.3, 0.4) is 0 Å². The molecule has 1 aromatic heterocycles. The van der Waals surface area contributed by atoms with Gasteiger partial charge in [-0.05, 0) is 59.4 Å². The zero-order valence-corrected chi connectivity index (χ0v) is 30.6. The van der Waals surface area contributed by atoms with Gasteiger partial charge in [-0.15, -0.1) is 0 Å². The van der Waals surface area contributed by atoms with Crippen LogP contribution in [0, 0.1) is 39.2 Å². The highest BCUT2D eigenvalue weighted by Gasteiger charge is 2.78. The van der Waals surface area contributed by atoms with Gasteiger partial charge in [-0.2, -0.15) is 0 Å². The van der Waals surface area contributed by atoms with E-state index >= 15 is 0 Å². The van der Waals surface area contributed by atoms with Crippen molar-refractivity contribution in [2.75, 3.05) is 19.8 Å². The number of carbonyl (C=O) groups excluding carboxylic acids is 6. The largest absolute Gasteiger partial charge is 0.464 e. The fraction of sp³-hybridized carbons (Fsp3) is 0.421. The fourth-order valence-corrected chi connectivity index (χ4v) is 10.4. The lowest BCUT2D eigenvalue weighted by Gasteiger charge is -2.59. The maximum atomic E-state index is 14.2. The van der Waals surface area contributed by atoms with E-state index in [9.17, 15) is 42.4 Å². The summed E-state index contributed by atoms with van der Waals surface area (Å²) in [6, 6.07) is 12.5. The summed E-state index contributed by atoms with van der Waals surface area (Å²) in [6.07, 6.45) is 0.227. The van der Waals surface area contributed by atoms with Gasteiger partial charge in [-0.3, -0.25) is 19.0 Å². The van der Waals surface area contributed by atoms with Crippen LogP contribution in [0.5, 0.6) is 5.88 Å². The van der Waals surface area contributed by atoms with Gasteiger partial charge in [-0.25, -0.2) is 18.0 Å². The maximum Gasteiger partial charge on any atom is 0.415 e. The first-order valence-electron chi connectivity index (χ1n) is 17.5. The van der Waals surface area contributed by atoms with Crippen LogP contribution in [0.2, 0.25) is 0 Å². The predicted octanol–water partition coefficient (Wildman–Crippen LogP) is 2.80. The van der Waals surface area contributed by atoms with Gasteiger partial charge in [0.2, 0.25) is 0 Å². The normalized spacial score (nSPS) is 28.3. The molecule has 288 valence electrons. The Kier molecular flexibility index (Phi) is 9.26. The molecule has 3 aromatic rings. The number of fused-ring (bicyclic) bond motifs is 2. The van der Waals surface area contributed by atoms with Crippen molar-refractivity contribution in [3.05, 3.63) is 83.1 Å². The van der Waals surface area contributed by atoms with E-state index in [2.05, 4.69) is 16.4 Å². The van der Waals surface area contributed by atoms with Crippen LogP contribution in [0.1, 0.15) is 60.2 Å². The number of sulfone groups is 1. The Morgan fingerprint density at radius 3 is 2.38 bits per heavy atom. The summed E-state index contributed by atoms with van der Waals surface area (Å²) >= 11 is 0. The van der Waals surface area contributed by atoms with Crippen LogP contribution in [0.25, 0.3) is 0 Å². The number of rotatable bonds is 10. The second kappa shape index (κ2) is 13.5. The molecule has 3 aliphatic carbocycles. The molecule has 4 aliphatic rings. The van der Waals surface area contributed by atoms with E-state index in [0.29, 0.717) is 12.7 Å². The Bertz CT molecular complexity index is 2250. The minimum absolute atomic E-state index is 0.0431. The van der Waals surface area contributed by atoms with Gasteiger partial charge in [-0.1, -0.05) is 50.8 Å². The molecule has 7 rings (SSSR count). The standard InChI is InChI=1S/C38H36N2O14S/c1-21-23-13-14-26-37(27(19-41)36(2,3)16-15-28(37)42)20-52-35(46)38(26,29(21)43)30(23)53-34(45)25-12-8-7-11-24(25)33(44)51-18-17-50-31-32(40(47)54-39-31)55(48,49)22-9-5-4-6-10-22/h4-12,19,23,26-27,30H,1,13-18,20H2,2-3H3/t23-,26?,27+,30+,37-,38-/m0/s1. The molecule has 2 heterocycles. The Balaban J connectivity index is 1.11. The van der Waals surface area contributed by atoms with Crippen LogP contribution in [-0.4, -0.2) is 75.3 Å². The van der Waals surface area contributed by atoms with Gasteiger partial charge in [0.15, 0.2) is 11.2 Å². The SMILES string of the molecule is C=C1C(=O)[C@@]23C(=O)OC[C@]4(C(=O)CCC(C)(C)[C@H]4C=O)C2CC[C@@H]1[C@H]3OC(=O)c1ccccc1C(=O)OCCOc1no[n+]([O-])c1S(=O)(=O)c1ccccc1. The van der Waals surface area contributed by atoms with Crippen LogP contribution in [0.4, 0.5) is 0 Å². The number of nitrogens with zero attached hydrogens (tertiary/aromatic N) is 2. The summed E-state index contributed by atoms with van der Waals surface area (Å²) < 4.78 is 52.8. The first kappa shape index (κ1) is 37.6. The van der Waals surface area contributed by atoms with Crippen LogP contribution < -0.4 is 9.64 Å². The number of esters is 3. The number of ketones is 2. The van der Waals surface area contributed by atoms with Crippen molar-refractivity contribution in [2.45, 2.75) is 55.6 Å². The third kappa shape index (κ3) is 5.57. The molecule has 0 amide bonds. The zero-order chi connectivity index (χ0) is 39.5. The molecule has 17 heteroatoms. The summed E-state index contributed by atoms with van der Waals surface area (Å²) in [4.78, 5) is 81.6. The van der Waals surface area contributed by atoms with Crippen molar-refractivity contribution >= 4 is 45.6 Å². The number of carbonyl (C=O) groups is 6. The molecule has 1 saturated heterocycles. The van der Waals surface area contributed by atoms with Crippen LogP contribution in [0.15, 0.2) is 81.3 Å². The maximum absolute atomic E-state index is 14.2. The van der Waals surface area contributed by atoms with Crippen molar-refractivity contribution in [1.82, 2.24) is 5.16 Å². The summed E-state index contributed by atoms with van der Waals surface area (Å²) in [5.41, 5.74) is -4.81. The second-order valence-corrected chi connectivity index (χ2v) is 16.7. The summed E-state index contributed by atoms with van der Waals surface area (Å²) in [5.74, 6) is -7.43. The number of hydrogen-bond donors (Lipinski definition) is 0. The van der Waals surface area contributed by atoms with E-state index in [4.69, 9.17) is 18.9 Å². The molecule has 4 fully saturated rings. The Labute approximate surface area is 314 Å². The minimum Gasteiger partial charge on any atom is -0.464 e. The summed E-state index contributed by atoms with van der Waals surface area (Å²) in [5, 5.41) is 14.6.